The fraction of sp³-hybridized carbons (Fsp3) is 0.500. The van der Waals surface area contributed by atoms with Crippen molar-refractivity contribution in [2.45, 2.75) is 12.1 Å². The molecular formula is C14H18BrN3O3. The molecule has 3 rings (SSSR count). The maximum Gasteiger partial charge on any atom is 0.246 e. The molecular weight excluding hydrogens is 338 g/mol. The predicted molar refractivity (Wildman–Crippen MR) is 83.6 cm³/mol. The summed E-state index contributed by atoms with van der Waals surface area (Å²) in [4.78, 5) is 14.1. The van der Waals surface area contributed by atoms with Crippen LogP contribution in [0.3, 0.4) is 0 Å². The monoisotopic (exact) mass is 355 g/mol. The molecule has 3 N–H and O–H groups in total. The second-order valence-corrected chi connectivity index (χ2v) is 6.08. The fourth-order valence-corrected chi connectivity index (χ4v) is 3.46. The molecule has 0 bridgehead atoms. The lowest BCUT2D eigenvalue weighted by Crippen LogP contribution is -2.44. The number of fused-ring (bicyclic) bond motifs is 1. The summed E-state index contributed by atoms with van der Waals surface area (Å²) >= 11 is 3.59. The third-order valence-electron chi connectivity index (χ3n) is 3.92. The third-order valence-corrected chi connectivity index (χ3v) is 4.56. The highest BCUT2D eigenvalue weighted by atomic mass is 79.9. The van der Waals surface area contributed by atoms with Crippen molar-refractivity contribution < 1.29 is 14.6 Å². The first-order valence-corrected chi connectivity index (χ1v) is 7.72. The number of likely N-dealkylation sites (N-methyl/N-ethyl adjacent to an activating group) is 1. The van der Waals surface area contributed by atoms with Gasteiger partial charge in [-0.2, -0.15) is 0 Å². The van der Waals surface area contributed by atoms with Gasteiger partial charge in [-0.25, -0.2) is 0 Å². The summed E-state index contributed by atoms with van der Waals surface area (Å²) in [5.41, 5.74) is 2.79. The van der Waals surface area contributed by atoms with Crippen LogP contribution in [0.15, 0.2) is 16.6 Å². The Morgan fingerprint density at radius 3 is 3.10 bits per heavy atom. The van der Waals surface area contributed by atoms with E-state index in [1.807, 2.05) is 12.1 Å². The molecule has 0 spiro atoms. The lowest BCUT2D eigenvalue weighted by atomic mass is 10.1. The average Bonchev–Trinajstić information content (AvgIpc) is 2.80. The van der Waals surface area contributed by atoms with Crippen LogP contribution >= 0.6 is 15.9 Å². The molecule has 2 atom stereocenters. The molecule has 1 fully saturated rings. The number of ether oxygens (including phenoxy) is 1. The number of morpholine rings is 1. The number of carbonyl (C=O) groups excluding carboxylic acids is 1. The number of halogens is 1. The van der Waals surface area contributed by atoms with Crippen molar-refractivity contribution in [2.75, 3.05) is 43.6 Å². The summed E-state index contributed by atoms with van der Waals surface area (Å²) in [6.07, 6.45) is -0.168. The van der Waals surface area contributed by atoms with Gasteiger partial charge in [-0.05, 0) is 35.1 Å². The van der Waals surface area contributed by atoms with Crippen LogP contribution in [0, 0.1) is 0 Å². The number of nitrogens with one attached hydrogen (secondary N) is 2. The molecule has 2 aliphatic heterocycles. The fourth-order valence-electron chi connectivity index (χ4n) is 2.85. The van der Waals surface area contributed by atoms with Gasteiger partial charge in [0.05, 0.1) is 25.0 Å². The molecule has 6 nitrogen and oxygen atoms in total. The number of hydrogen-bond acceptors (Lipinski definition) is 5. The number of anilines is 2. The Hall–Kier alpha value is -1.15. The average molecular weight is 356 g/mol. The van der Waals surface area contributed by atoms with Crippen LogP contribution in [0.5, 0.6) is 0 Å². The number of hydrogen-bond donors (Lipinski definition) is 3. The van der Waals surface area contributed by atoms with Gasteiger partial charge in [0.15, 0.2) is 0 Å². The van der Waals surface area contributed by atoms with Crippen LogP contribution in [0.4, 0.5) is 11.4 Å². The van der Waals surface area contributed by atoms with E-state index in [9.17, 15) is 9.90 Å². The van der Waals surface area contributed by atoms with Crippen molar-refractivity contribution in [3.63, 3.8) is 0 Å². The van der Waals surface area contributed by atoms with E-state index in [0.29, 0.717) is 13.2 Å². The van der Waals surface area contributed by atoms with E-state index >= 15 is 0 Å². The topological polar surface area (TPSA) is 73.8 Å². The number of amides is 1. The van der Waals surface area contributed by atoms with E-state index in [0.717, 1.165) is 28.0 Å². The van der Waals surface area contributed by atoms with Gasteiger partial charge >= 0.3 is 0 Å². The Labute approximate surface area is 131 Å². The van der Waals surface area contributed by atoms with E-state index in [1.54, 1.807) is 7.05 Å². The highest BCUT2D eigenvalue weighted by molar-refractivity contribution is 9.10. The van der Waals surface area contributed by atoms with Gasteiger partial charge in [0.2, 0.25) is 5.91 Å². The Bertz CT molecular complexity index is 567. The molecule has 1 amide bonds. The molecule has 0 aromatic heterocycles. The number of rotatable bonds is 3. The molecule has 0 saturated carbocycles. The van der Waals surface area contributed by atoms with E-state index in [-0.39, 0.29) is 24.7 Å². The van der Waals surface area contributed by atoms with Crippen LogP contribution in [0.1, 0.15) is 11.6 Å². The minimum Gasteiger partial charge on any atom is -0.394 e. The minimum atomic E-state index is -0.305. The Balaban J connectivity index is 1.91. The maximum absolute atomic E-state index is 11.9. The van der Waals surface area contributed by atoms with Gasteiger partial charge in [-0.3, -0.25) is 4.79 Å². The van der Waals surface area contributed by atoms with Gasteiger partial charge in [0, 0.05) is 28.8 Å². The number of nitrogens with zero attached hydrogens (tertiary/aromatic N) is 1. The summed E-state index contributed by atoms with van der Waals surface area (Å²) in [6, 6.07) is 3.65. The quantitative estimate of drug-likeness (QED) is 0.749. The van der Waals surface area contributed by atoms with Crippen LogP contribution in [-0.4, -0.2) is 50.5 Å². The smallest absolute Gasteiger partial charge is 0.246 e. The highest BCUT2D eigenvalue weighted by Crippen LogP contribution is 2.39. The minimum absolute atomic E-state index is 0.0115. The van der Waals surface area contributed by atoms with Crippen molar-refractivity contribution >= 4 is 33.2 Å². The Kier molecular flexibility index (Phi) is 4.17. The first kappa shape index (κ1) is 14.8. The summed E-state index contributed by atoms with van der Waals surface area (Å²) < 4.78 is 6.42. The van der Waals surface area contributed by atoms with E-state index in [1.165, 1.54) is 0 Å². The van der Waals surface area contributed by atoms with Crippen molar-refractivity contribution in [1.29, 1.82) is 0 Å². The number of aliphatic hydroxyl groups is 1. The van der Waals surface area contributed by atoms with Crippen molar-refractivity contribution in [1.82, 2.24) is 5.32 Å². The predicted octanol–water partition coefficient (Wildman–Crippen LogP) is 0.859. The summed E-state index contributed by atoms with van der Waals surface area (Å²) in [6.45, 7) is 1.99. The van der Waals surface area contributed by atoms with Crippen molar-refractivity contribution in [3.8, 4) is 0 Å². The first-order chi connectivity index (χ1) is 10.1. The molecule has 7 heteroatoms. The van der Waals surface area contributed by atoms with Gasteiger partial charge < -0.3 is 25.4 Å². The largest absolute Gasteiger partial charge is 0.394 e. The van der Waals surface area contributed by atoms with Gasteiger partial charge in [-0.1, -0.05) is 0 Å². The lowest BCUT2D eigenvalue weighted by Gasteiger charge is -2.34. The lowest BCUT2D eigenvalue weighted by molar-refractivity contribution is -0.117. The van der Waals surface area contributed by atoms with Gasteiger partial charge in [0.25, 0.3) is 0 Å². The van der Waals surface area contributed by atoms with Crippen LogP contribution < -0.4 is 15.5 Å². The first-order valence-electron chi connectivity index (χ1n) is 6.93. The van der Waals surface area contributed by atoms with E-state index in [2.05, 4.69) is 31.5 Å². The van der Waals surface area contributed by atoms with Crippen molar-refractivity contribution in [2.24, 2.45) is 0 Å². The van der Waals surface area contributed by atoms with Crippen LogP contribution in [0.2, 0.25) is 0 Å². The molecule has 2 aliphatic rings. The Morgan fingerprint density at radius 1 is 1.57 bits per heavy atom. The van der Waals surface area contributed by atoms with Crippen molar-refractivity contribution in [3.05, 3.63) is 22.2 Å². The van der Waals surface area contributed by atoms with Crippen LogP contribution in [-0.2, 0) is 9.53 Å². The normalized spacial score (nSPS) is 24.9. The zero-order valence-electron chi connectivity index (χ0n) is 11.7. The molecule has 2 heterocycles. The number of aliphatic hydroxyl groups excluding tert-OH is 1. The highest BCUT2D eigenvalue weighted by Gasteiger charge is 2.31. The number of benzene rings is 1. The van der Waals surface area contributed by atoms with Crippen LogP contribution in [0.25, 0.3) is 0 Å². The molecule has 21 heavy (non-hydrogen) atoms. The SMILES string of the molecule is CNC1C(=O)Nc2cc(N3CCOC(CO)C3)c(Br)cc21. The molecule has 0 radical (unpaired) electrons. The second kappa shape index (κ2) is 5.92. The second-order valence-electron chi connectivity index (χ2n) is 5.22. The summed E-state index contributed by atoms with van der Waals surface area (Å²) in [7, 11) is 1.77. The van der Waals surface area contributed by atoms with Gasteiger partial charge in [0.1, 0.15) is 6.04 Å². The Morgan fingerprint density at radius 2 is 2.38 bits per heavy atom. The van der Waals surface area contributed by atoms with Gasteiger partial charge in [-0.15, -0.1) is 0 Å². The molecule has 114 valence electrons. The zero-order valence-corrected chi connectivity index (χ0v) is 13.3. The standard InChI is InChI=1S/C14H18BrN3O3/c1-16-13-9-4-10(15)12(5-11(9)17-14(13)20)18-2-3-21-8(6-18)7-19/h4-5,8,13,16,19H,2-3,6-7H2,1H3,(H,17,20). The summed E-state index contributed by atoms with van der Waals surface area (Å²) in [5.74, 6) is -0.0354. The molecule has 0 aliphatic carbocycles. The molecule has 1 aromatic rings. The third kappa shape index (κ3) is 2.66. The maximum atomic E-state index is 11.9. The zero-order chi connectivity index (χ0) is 15.0. The number of carbonyl (C=O) groups is 1. The molecule has 1 aromatic carbocycles. The van der Waals surface area contributed by atoms with E-state index < -0.39 is 0 Å². The van der Waals surface area contributed by atoms with E-state index in [4.69, 9.17) is 4.74 Å². The molecule has 1 saturated heterocycles. The summed E-state index contributed by atoms with van der Waals surface area (Å²) in [5, 5.41) is 15.2. The molecule has 2 unspecified atom stereocenters.